The number of nitrogens with one attached hydrogen (secondary N) is 1. The van der Waals surface area contributed by atoms with Crippen LogP contribution in [0.1, 0.15) is 43.9 Å². The van der Waals surface area contributed by atoms with Crippen molar-refractivity contribution in [1.82, 2.24) is 9.88 Å². The van der Waals surface area contributed by atoms with Crippen LogP contribution in [0, 0.1) is 0 Å². The normalized spacial score (nSPS) is 12.7. The topological polar surface area (TPSA) is 17.0 Å². The van der Waals surface area contributed by atoms with Crippen molar-refractivity contribution in [3.8, 4) is 0 Å². The first-order chi connectivity index (χ1) is 9.33. The lowest BCUT2D eigenvalue weighted by molar-refractivity contribution is 0.508. The Morgan fingerprint density at radius 2 is 2.21 bits per heavy atom. The Bertz CT molecular complexity index is 453. The lowest BCUT2D eigenvalue weighted by Gasteiger charge is -2.15. The summed E-state index contributed by atoms with van der Waals surface area (Å²) in [5, 5.41) is 7.96. The third-order valence-electron chi connectivity index (χ3n) is 3.44. The molecule has 0 aliphatic heterocycles. The van der Waals surface area contributed by atoms with Crippen LogP contribution in [0.2, 0.25) is 0 Å². The quantitative estimate of drug-likeness (QED) is 0.763. The standard InChI is InChI=1S/C16H24N2S/c1-3-5-16(17-4-2)15-7-10-18(12-15)9-6-14-8-11-19-13-14/h7-8,10-13,16-17H,3-6,9H2,1-2H3. The molecule has 0 aromatic carbocycles. The van der Waals surface area contributed by atoms with Gasteiger partial charge in [0.2, 0.25) is 0 Å². The molecule has 2 aromatic rings. The van der Waals surface area contributed by atoms with Crippen molar-refractivity contribution in [3.63, 3.8) is 0 Å². The molecule has 2 aromatic heterocycles. The molecule has 0 saturated heterocycles. The summed E-state index contributed by atoms with van der Waals surface area (Å²) in [5.41, 5.74) is 2.87. The van der Waals surface area contributed by atoms with Gasteiger partial charge in [0.05, 0.1) is 0 Å². The van der Waals surface area contributed by atoms with Crippen LogP contribution in [-0.2, 0) is 13.0 Å². The molecule has 0 radical (unpaired) electrons. The summed E-state index contributed by atoms with van der Waals surface area (Å²) in [6, 6.07) is 4.99. The van der Waals surface area contributed by atoms with E-state index in [1.54, 1.807) is 11.3 Å². The van der Waals surface area contributed by atoms with Gasteiger partial charge in [-0.25, -0.2) is 0 Å². The van der Waals surface area contributed by atoms with Gasteiger partial charge in [-0.05, 0) is 53.4 Å². The maximum Gasteiger partial charge on any atom is 0.0335 e. The summed E-state index contributed by atoms with van der Waals surface area (Å²) >= 11 is 1.78. The van der Waals surface area contributed by atoms with Crippen LogP contribution < -0.4 is 5.32 Å². The van der Waals surface area contributed by atoms with E-state index in [0.717, 1.165) is 19.5 Å². The second kappa shape index (κ2) is 7.51. The Morgan fingerprint density at radius 3 is 2.89 bits per heavy atom. The van der Waals surface area contributed by atoms with Crippen LogP contribution in [0.4, 0.5) is 0 Å². The van der Waals surface area contributed by atoms with Gasteiger partial charge in [-0.15, -0.1) is 0 Å². The molecule has 0 saturated carbocycles. The minimum atomic E-state index is 0.511. The first-order valence-corrected chi connectivity index (χ1v) is 8.18. The van der Waals surface area contributed by atoms with Crippen LogP contribution in [0.3, 0.4) is 0 Å². The Labute approximate surface area is 120 Å². The minimum absolute atomic E-state index is 0.511. The molecule has 0 aliphatic rings. The van der Waals surface area contributed by atoms with Gasteiger partial charge in [0.1, 0.15) is 0 Å². The Morgan fingerprint density at radius 1 is 1.32 bits per heavy atom. The van der Waals surface area contributed by atoms with E-state index in [4.69, 9.17) is 0 Å². The van der Waals surface area contributed by atoms with E-state index in [1.807, 2.05) is 0 Å². The first-order valence-electron chi connectivity index (χ1n) is 7.23. The van der Waals surface area contributed by atoms with Crippen LogP contribution in [-0.4, -0.2) is 11.1 Å². The highest BCUT2D eigenvalue weighted by atomic mass is 32.1. The van der Waals surface area contributed by atoms with Gasteiger partial charge in [0, 0.05) is 25.0 Å². The summed E-state index contributed by atoms with van der Waals surface area (Å²) in [4.78, 5) is 0. The van der Waals surface area contributed by atoms with E-state index in [9.17, 15) is 0 Å². The molecule has 19 heavy (non-hydrogen) atoms. The molecule has 0 fully saturated rings. The fraction of sp³-hybridized carbons (Fsp3) is 0.500. The largest absolute Gasteiger partial charge is 0.354 e. The van der Waals surface area contributed by atoms with E-state index in [1.165, 1.54) is 24.0 Å². The molecule has 1 atom stereocenters. The minimum Gasteiger partial charge on any atom is -0.354 e. The summed E-state index contributed by atoms with van der Waals surface area (Å²) in [6.07, 6.45) is 8.06. The molecule has 0 amide bonds. The summed E-state index contributed by atoms with van der Waals surface area (Å²) in [7, 11) is 0. The van der Waals surface area contributed by atoms with Crippen molar-refractivity contribution < 1.29 is 0 Å². The molecule has 0 spiro atoms. The highest BCUT2D eigenvalue weighted by Crippen LogP contribution is 2.19. The SMILES string of the molecule is CCCC(NCC)c1ccn(CCc2ccsc2)c1. The molecule has 0 aliphatic carbocycles. The van der Waals surface area contributed by atoms with Gasteiger partial charge in [-0.3, -0.25) is 0 Å². The van der Waals surface area contributed by atoms with Gasteiger partial charge >= 0.3 is 0 Å². The molecule has 1 unspecified atom stereocenters. The summed E-state index contributed by atoms with van der Waals surface area (Å²) < 4.78 is 2.31. The Hall–Kier alpha value is -1.06. The first kappa shape index (κ1) is 14.4. The van der Waals surface area contributed by atoms with Crippen molar-refractivity contribution in [2.45, 2.75) is 45.7 Å². The summed E-state index contributed by atoms with van der Waals surface area (Å²) in [6.45, 7) is 6.53. The number of thiophene rings is 1. The highest BCUT2D eigenvalue weighted by Gasteiger charge is 2.10. The second-order valence-electron chi connectivity index (χ2n) is 4.96. The zero-order chi connectivity index (χ0) is 13.5. The van der Waals surface area contributed by atoms with E-state index >= 15 is 0 Å². The Kier molecular flexibility index (Phi) is 5.67. The third-order valence-corrected chi connectivity index (χ3v) is 4.17. The molecule has 2 heterocycles. The fourth-order valence-corrected chi connectivity index (χ4v) is 3.12. The van der Waals surface area contributed by atoms with Crippen LogP contribution in [0.5, 0.6) is 0 Å². The summed E-state index contributed by atoms with van der Waals surface area (Å²) in [5.74, 6) is 0. The third kappa shape index (κ3) is 4.22. The van der Waals surface area contributed by atoms with E-state index in [0.29, 0.717) is 6.04 Å². The number of aromatic nitrogens is 1. The molecule has 2 rings (SSSR count). The molecular weight excluding hydrogens is 252 g/mol. The van der Waals surface area contributed by atoms with Crippen molar-refractivity contribution >= 4 is 11.3 Å². The lowest BCUT2D eigenvalue weighted by atomic mass is 10.1. The molecule has 2 nitrogen and oxygen atoms in total. The molecular formula is C16H24N2S. The van der Waals surface area contributed by atoms with Gasteiger partial charge in [0.15, 0.2) is 0 Å². The van der Waals surface area contributed by atoms with E-state index in [-0.39, 0.29) is 0 Å². The number of hydrogen-bond acceptors (Lipinski definition) is 2. The lowest BCUT2D eigenvalue weighted by Crippen LogP contribution is -2.20. The highest BCUT2D eigenvalue weighted by molar-refractivity contribution is 7.07. The van der Waals surface area contributed by atoms with Crippen LogP contribution >= 0.6 is 11.3 Å². The van der Waals surface area contributed by atoms with Gasteiger partial charge < -0.3 is 9.88 Å². The average Bonchev–Trinajstić information content (AvgIpc) is 3.07. The monoisotopic (exact) mass is 276 g/mol. The van der Waals surface area contributed by atoms with Crippen LogP contribution in [0.15, 0.2) is 35.3 Å². The zero-order valence-electron chi connectivity index (χ0n) is 11.9. The van der Waals surface area contributed by atoms with Crippen molar-refractivity contribution in [2.75, 3.05) is 6.54 Å². The number of nitrogens with zero attached hydrogens (tertiary/aromatic N) is 1. The molecule has 1 N–H and O–H groups in total. The van der Waals surface area contributed by atoms with Crippen molar-refractivity contribution in [1.29, 1.82) is 0 Å². The van der Waals surface area contributed by atoms with Gasteiger partial charge in [-0.1, -0.05) is 20.3 Å². The number of aryl methyl sites for hydroxylation is 2. The fourth-order valence-electron chi connectivity index (χ4n) is 2.42. The van der Waals surface area contributed by atoms with Gasteiger partial charge in [-0.2, -0.15) is 11.3 Å². The van der Waals surface area contributed by atoms with Crippen LogP contribution in [0.25, 0.3) is 0 Å². The number of hydrogen-bond donors (Lipinski definition) is 1. The molecule has 0 bridgehead atoms. The molecule has 3 heteroatoms. The predicted octanol–water partition coefficient (Wildman–Crippen LogP) is 4.24. The van der Waals surface area contributed by atoms with Crippen molar-refractivity contribution in [3.05, 3.63) is 46.4 Å². The van der Waals surface area contributed by atoms with Gasteiger partial charge in [0.25, 0.3) is 0 Å². The van der Waals surface area contributed by atoms with E-state index < -0.39 is 0 Å². The Balaban J connectivity index is 1.93. The van der Waals surface area contributed by atoms with Crippen molar-refractivity contribution in [2.24, 2.45) is 0 Å². The average molecular weight is 276 g/mol. The predicted molar refractivity (Wildman–Crippen MR) is 83.8 cm³/mol. The maximum atomic E-state index is 3.57. The zero-order valence-corrected chi connectivity index (χ0v) is 12.7. The smallest absolute Gasteiger partial charge is 0.0335 e. The molecule has 104 valence electrons. The van der Waals surface area contributed by atoms with E-state index in [2.05, 4.69) is 59.0 Å². The number of rotatable bonds is 8. The second-order valence-corrected chi connectivity index (χ2v) is 5.74. The maximum absolute atomic E-state index is 3.57.